The van der Waals surface area contributed by atoms with E-state index in [1.54, 1.807) is 6.08 Å². The predicted molar refractivity (Wildman–Crippen MR) is 99.4 cm³/mol. The molecule has 1 aliphatic rings. The van der Waals surface area contributed by atoms with Crippen LogP contribution in [0.2, 0.25) is 0 Å². The van der Waals surface area contributed by atoms with E-state index in [1.165, 1.54) is 12.5 Å². The molecule has 6 nitrogen and oxygen atoms in total. The van der Waals surface area contributed by atoms with Crippen LogP contribution in [0.1, 0.15) is 36.6 Å². The van der Waals surface area contributed by atoms with Crippen LogP contribution in [-0.4, -0.2) is 21.1 Å². The number of carbonyl (C=O) groups excluding carboxylic acids is 1. The molecule has 0 aliphatic heterocycles. The zero-order chi connectivity index (χ0) is 18.1. The number of aromatic amines is 1. The molecule has 6 heteroatoms. The van der Waals surface area contributed by atoms with Crippen molar-refractivity contribution in [3.63, 3.8) is 0 Å². The highest BCUT2D eigenvalue weighted by atomic mass is 16.3. The maximum absolute atomic E-state index is 12.1. The van der Waals surface area contributed by atoms with Crippen molar-refractivity contribution in [2.45, 2.75) is 26.2 Å². The van der Waals surface area contributed by atoms with Gasteiger partial charge in [0.25, 0.3) is 0 Å². The van der Waals surface area contributed by atoms with Crippen LogP contribution < -0.4 is 5.32 Å². The Kier molecular flexibility index (Phi) is 4.16. The van der Waals surface area contributed by atoms with Gasteiger partial charge in [0.2, 0.25) is 5.91 Å². The smallest absolute Gasteiger partial charge is 0.248 e. The highest BCUT2D eigenvalue weighted by Crippen LogP contribution is 2.47. The number of aryl methyl sites for hydroxylation is 1. The second-order valence-electron chi connectivity index (χ2n) is 6.70. The summed E-state index contributed by atoms with van der Waals surface area (Å²) in [6.45, 7) is 4.06. The van der Waals surface area contributed by atoms with E-state index in [2.05, 4.69) is 27.4 Å². The molecule has 1 aromatic carbocycles. The molecule has 0 radical (unpaired) electrons. The number of H-pyrrole nitrogens is 1. The van der Waals surface area contributed by atoms with E-state index in [-0.39, 0.29) is 5.91 Å². The van der Waals surface area contributed by atoms with Gasteiger partial charge in [0.05, 0.1) is 0 Å². The lowest BCUT2D eigenvalue weighted by atomic mass is 10.2. The van der Waals surface area contributed by atoms with Crippen molar-refractivity contribution < 1.29 is 9.21 Å². The van der Waals surface area contributed by atoms with Crippen molar-refractivity contribution in [3.05, 3.63) is 59.8 Å². The zero-order valence-corrected chi connectivity index (χ0v) is 14.7. The summed E-state index contributed by atoms with van der Waals surface area (Å²) in [5, 5.41) is 9.76. The van der Waals surface area contributed by atoms with Gasteiger partial charge in [-0.05, 0) is 61.7 Å². The first kappa shape index (κ1) is 16.3. The van der Waals surface area contributed by atoms with Crippen molar-refractivity contribution in [3.8, 4) is 11.4 Å². The van der Waals surface area contributed by atoms with Gasteiger partial charge in [-0.15, -0.1) is 0 Å². The topological polar surface area (TPSA) is 83.8 Å². The van der Waals surface area contributed by atoms with Crippen molar-refractivity contribution in [2.24, 2.45) is 5.92 Å². The van der Waals surface area contributed by atoms with Crippen LogP contribution in [0.15, 0.2) is 46.9 Å². The highest BCUT2D eigenvalue weighted by molar-refractivity contribution is 6.01. The van der Waals surface area contributed by atoms with Gasteiger partial charge in [-0.25, -0.2) is 4.98 Å². The third kappa shape index (κ3) is 3.59. The van der Waals surface area contributed by atoms with Crippen LogP contribution in [0.5, 0.6) is 0 Å². The molecular weight excluding hydrogens is 328 g/mol. The van der Waals surface area contributed by atoms with E-state index in [0.29, 0.717) is 29.1 Å². The van der Waals surface area contributed by atoms with Gasteiger partial charge in [0, 0.05) is 23.2 Å². The third-order valence-corrected chi connectivity index (χ3v) is 4.53. The number of anilines is 1. The van der Waals surface area contributed by atoms with Gasteiger partial charge >= 0.3 is 0 Å². The number of amides is 1. The largest absolute Gasteiger partial charge is 0.461 e. The molecule has 26 heavy (non-hydrogen) atoms. The fourth-order valence-electron chi connectivity index (χ4n) is 2.89. The molecule has 1 amide bonds. The minimum Gasteiger partial charge on any atom is -0.461 e. The molecule has 132 valence electrons. The first-order chi connectivity index (χ1) is 12.6. The first-order valence-corrected chi connectivity index (χ1v) is 8.67. The molecule has 3 aromatic rings. The molecule has 2 heterocycles. The molecule has 2 unspecified atom stereocenters. The van der Waals surface area contributed by atoms with E-state index >= 15 is 0 Å². The summed E-state index contributed by atoms with van der Waals surface area (Å²) in [6.07, 6.45) is 4.35. The summed E-state index contributed by atoms with van der Waals surface area (Å²) in [5.41, 5.74) is 1.60. The van der Waals surface area contributed by atoms with Gasteiger partial charge < -0.3 is 9.73 Å². The monoisotopic (exact) mass is 348 g/mol. The molecule has 4 rings (SSSR count). The number of hydrogen-bond acceptors (Lipinski definition) is 4. The molecule has 0 spiro atoms. The Bertz CT molecular complexity index is 952. The minimum atomic E-state index is -0.204. The van der Waals surface area contributed by atoms with Gasteiger partial charge in [0.1, 0.15) is 17.3 Å². The molecule has 0 bridgehead atoms. The van der Waals surface area contributed by atoms with E-state index in [0.717, 1.165) is 17.1 Å². The maximum Gasteiger partial charge on any atom is 0.248 e. The maximum atomic E-state index is 12.1. The number of nitrogens with zero attached hydrogens (tertiary/aromatic N) is 2. The van der Waals surface area contributed by atoms with Crippen molar-refractivity contribution in [1.29, 1.82) is 0 Å². The molecule has 2 atom stereocenters. The summed E-state index contributed by atoms with van der Waals surface area (Å²) in [7, 11) is 0. The number of hydrogen-bond donors (Lipinski definition) is 2. The Balaban J connectivity index is 1.36. The lowest BCUT2D eigenvalue weighted by Crippen LogP contribution is -2.07. The second-order valence-corrected chi connectivity index (χ2v) is 6.70. The molecule has 0 saturated heterocycles. The number of furan rings is 1. The molecular formula is C20H20N4O2. The number of carbonyl (C=O) groups is 1. The number of aromatic nitrogens is 3. The molecule has 1 fully saturated rings. The quantitative estimate of drug-likeness (QED) is 0.679. The number of rotatable bonds is 5. The van der Waals surface area contributed by atoms with Crippen LogP contribution in [0.25, 0.3) is 17.5 Å². The van der Waals surface area contributed by atoms with Crippen LogP contribution in [0.4, 0.5) is 5.69 Å². The summed E-state index contributed by atoms with van der Waals surface area (Å²) in [6, 6.07) is 11.3. The lowest BCUT2D eigenvalue weighted by molar-refractivity contribution is -0.111. The van der Waals surface area contributed by atoms with E-state index in [4.69, 9.17) is 4.42 Å². The Morgan fingerprint density at radius 3 is 2.69 bits per heavy atom. The summed E-state index contributed by atoms with van der Waals surface area (Å²) in [5.74, 6) is 4.14. The van der Waals surface area contributed by atoms with E-state index in [9.17, 15) is 4.79 Å². The Hall–Kier alpha value is -3.15. The number of benzene rings is 1. The average Bonchev–Trinajstić information content (AvgIpc) is 3.01. The van der Waals surface area contributed by atoms with Gasteiger partial charge in [-0.1, -0.05) is 6.92 Å². The zero-order valence-electron chi connectivity index (χ0n) is 14.7. The summed E-state index contributed by atoms with van der Waals surface area (Å²) < 4.78 is 5.76. The van der Waals surface area contributed by atoms with Crippen LogP contribution in [0.3, 0.4) is 0 Å². The fraction of sp³-hybridized carbons (Fsp3) is 0.250. The van der Waals surface area contributed by atoms with Crippen molar-refractivity contribution in [1.82, 2.24) is 15.2 Å². The minimum absolute atomic E-state index is 0.204. The lowest BCUT2D eigenvalue weighted by Gasteiger charge is -2.02. The van der Waals surface area contributed by atoms with E-state index in [1.807, 2.05) is 43.3 Å². The summed E-state index contributed by atoms with van der Waals surface area (Å²) >= 11 is 0. The van der Waals surface area contributed by atoms with Crippen LogP contribution in [0, 0.1) is 12.8 Å². The Morgan fingerprint density at radius 2 is 2.04 bits per heavy atom. The summed E-state index contributed by atoms with van der Waals surface area (Å²) in [4.78, 5) is 16.4. The van der Waals surface area contributed by atoms with Crippen LogP contribution >= 0.6 is 0 Å². The molecule has 2 aromatic heterocycles. The standard InChI is InChI=1S/C20H20N4O2/c1-12-11-17(12)18-9-7-16(26-18)8-10-19(25)22-15-5-3-14(4-6-15)20-21-13(2)23-24-20/h3-10,12,17H,11H2,1-2H3,(H,22,25)(H,21,23,24)/b10-8+. The highest BCUT2D eigenvalue weighted by Gasteiger charge is 2.36. The average molecular weight is 348 g/mol. The van der Waals surface area contributed by atoms with E-state index < -0.39 is 0 Å². The molecule has 1 aliphatic carbocycles. The predicted octanol–water partition coefficient (Wildman–Crippen LogP) is 4.15. The molecule has 1 saturated carbocycles. The molecule has 2 N–H and O–H groups in total. The normalized spacial score (nSPS) is 19.0. The van der Waals surface area contributed by atoms with Gasteiger partial charge in [-0.3, -0.25) is 9.89 Å². The fourth-order valence-corrected chi connectivity index (χ4v) is 2.89. The van der Waals surface area contributed by atoms with Crippen molar-refractivity contribution in [2.75, 3.05) is 5.32 Å². The first-order valence-electron chi connectivity index (χ1n) is 8.67. The third-order valence-electron chi connectivity index (χ3n) is 4.53. The van der Waals surface area contributed by atoms with Gasteiger partial charge in [0.15, 0.2) is 5.82 Å². The van der Waals surface area contributed by atoms with Gasteiger partial charge in [-0.2, -0.15) is 5.10 Å². The van der Waals surface area contributed by atoms with Crippen LogP contribution in [-0.2, 0) is 4.79 Å². The second kappa shape index (κ2) is 6.63. The Morgan fingerprint density at radius 1 is 1.27 bits per heavy atom. The Labute approximate surface area is 151 Å². The van der Waals surface area contributed by atoms with Crippen molar-refractivity contribution >= 4 is 17.7 Å². The number of nitrogens with one attached hydrogen (secondary N) is 2. The SMILES string of the molecule is Cc1nc(-c2ccc(NC(=O)/C=C/c3ccc(C4CC4C)o3)cc2)n[nH]1.